The maximum absolute atomic E-state index is 9.05. The van der Waals surface area contributed by atoms with E-state index in [4.69, 9.17) is 10.00 Å². The molecule has 160 valence electrons. The van der Waals surface area contributed by atoms with Crippen molar-refractivity contribution < 1.29 is 4.74 Å². The number of pyridine rings is 1. The number of benzene rings is 2. The standard InChI is InChI=1S/C27H26N4O/c1-5-6-7-8-20(3)31-23-13-14-29-25(16-23)22-10-9-21-11-12-26(32-4)27(24(21)15-22)30-18-19(2)17-28/h5-16,30H,1-2,18H2,3-4H3,(H,29,31)/b7-6-,20-8+. The van der Waals surface area contributed by atoms with Gasteiger partial charge >= 0.3 is 0 Å². The van der Waals surface area contributed by atoms with E-state index in [-0.39, 0.29) is 0 Å². The molecule has 0 saturated carbocycles. The Hall–Kier alpha value is -4.30. The Morgan fingerprint density at radius 1 is 1.19 bits per heavy atom. The molecule has 0 bridgehead atoms. The molecule has 3 aromatic rings. The summed E-state index contributed by atoms with van der Waals surface area (Å²) in [5.41, 5.74) is 5.06. The minimum absolute atomic E-state index is 0.347. The number of ether oxygens (including phenoxy) is 1. The van der Waals surface area contributed by atoms with Crippen LogP contribution in [0.3, 0.4) is 0 Å². The van der Waals surface area contributed by atoms with Gasteiger partial charge in [-0.1, -0.05) is 49.6 Å². The van der Waals surface area contributed by atoms with Crippen molar-refractivity contribution in [2.45, 2.75) is 6.92 Å². The molecule has 0 aliphatic rings. The molecule has 5 nitrogen and oxygen atoms in total. The van der Waals surface area contributed by atoms with Crippen LogP contribution in [0, 0.1) is 11.3 Å². The number of nitrogens with one attached hydrogen (secondary N) is 2. The molecule has 2 aromatic carbocycles. The zero-order valence-corrected chi connectivity index (χ0v) is 18.4. The van der Waals surface area contributed by atoms with Crippen LogP contribution in [0.4, 0.5) is 11.4 Å². The van der Waals surface area contributed by atoms with Crippen molar-refractivity contribution in [2.75, 3.05) is 24.3 Å². The van der Waals surface area contributed by atoms with E-state index in [1.165, 1.54) is 0 Å². The zero-order valence-electron chi connectivity index (χ0n) is 18.4. The average molecular weight is 423 g/mol. The molecule has 0 atom stereocenters. The lowest BCUT2D eigenvalue weighted by molar-refractivity contribution is 0.417. The second-order valence-electron chi connectivity index (χ2n) is 7.17. The topological polar surface area (TPSA) is 70.0 Å². The first-order valence-electron chi connectivity index (χ1n) is 10.2. The molecule has 0 fully saturated rings. The van der Waals surface area contributed by atoms with Crippen molar-refractivity contribution in [2.24, 2.45) is 0 Å². The fraction of sp³-hybridized carbons (Fsp3) is 0.111. The summed E-state index contributed by atoms with van der Waals surface area (Å²) in [6, 6.07) is 16.1. The Labute approximate surface area is 189 Å². The number of nitrogens with zero attached hydrogens (tertiary/aromatic N) is 2. The predicted octanol–water partition coefficient (Wildman–Crippen LogP) is 6.46. The number of fused-ring (bicyclic) bond motifs is 1. The number of methoxy groups -OCH3 is 1. The van der Waals surface area contributed by atoms with Crippen molar-refractivity contribution >= 4 is 22.1 Å². The van der Waals surface area contributed by atoms with Crippen molar-refractivity contribution in [1.82, 2.24) is 4.98 Å². The lowest BCUT2D eigenvalue weighted by Crippen LogP contribution is -2.05. The Morgan fingerprint density at radius 2 is 2.00 bits per heavy atom. The molecule has 2 N–H and O–H groups in total. The molecule has 3 rings (SSSR count). The van der Waals surface area contributed by atoms with Gasteiger partial charge < -0.3 is 15.4 Å². The number of hydrogen-bond donors (Lipinski definition) is 2. The highest BCUT2D eigenvalue weighted by Gasteiger charge is 2.11. The van der Waals surface area contributed by atoms with E-state index >= 15 is 0 Å². The van der Waals surface area contributed by atoms with Crippen LogP contribution in [-0.2, 0) is 0 Å². The summed E-state index contributed by atoms with van der Waals surface area (Å²) < 4.78 is 5.55. The van der Waals surface area contributed by atoms with Gasteiger partial charge in [0, 0.05) is 40.6 Å². The van der Waals surface area contributed by atoms with Gasteiger partial charge in [0.25, 0.3) is 0 Å². The molecule has 0 amide bonds. The third kappa shape index (κ3) is 5.44. The average Bonchev–Trinajstić information content (AvgIpc) is 2.82. The largest absolute Gasteiger partial charge is 0.495 e. The normalized spacial score (nSPS) is 11.2. The third-order valence-corrected chi connectivity index (χ3v) is 4.83. The first-order chi connectivity index (χ1) is 15.5. The van der Waals surface area contributed by atoms with E-state index in [2.05, 4.69) is 53.0 Å². The van der Waals surface area contributed by atoms with Gasteiger partial charge in [-0.25, -0.2) is 0 Å². The Kier molecular flexibility index (Phi) is 7.45. The highest BCUT2D eigenvalue weighted by Crippen LogP contribution is 2.36. The van der Waals surface area contributed by atoms with Crippen molar-refractivity contribution in [3.8, 4) is 23.1 Å². The summed E-state index contributed by atoms with van der Waals surface area (Å²) in [5.74, 6) is 0.706. The molecule has 0 spiro atoms. The minimum Gasteiger partial charge on any atom is -0.495 e. The molecule has 0 aliphatic carbocycles. The van der Waals surface area contributed by atoms with Crippen LogP contribution in [0.5, 0.6) is 5.75 Å². The van der Waals surface area contributed by atoms with Crippen molar-refractivity contribution in [3.63, 3.8) is 0 Å². The monoisotopic (exact) mass is 422 g/mol. The van der Waals surface area contributed by atoms with Gasteiger partial charge in [-0.05, 0) is 42.7 Å². The summed E-state index contributed by atoms with van der Waals surface area (Å²) in [6.45, 7) is 9.77. The summed E-state index contributed by atoms with van der Waals surface area (Å²) >= 11 is 0. The molecule has 1 aromatic heterocycles. The smallest absolute Gasteiger partial charge is 0.142 e. The quantitative estimate of drug-likeness (QED) is 0.306. The molecule has 0 aliphatic heterocycles. The molecule has 5 heteroatoms. The van der Waals surface area contributed by atoms with Crippen LogP contribution in [0.1, 0.15) is 6.92 Å². The van der Waals surface area contributed by atoms with E-state index in [1.54, 1.807) is 19.4 Å². The van der Waals surface area contributed by atoms with E-state index in [9.17, 15) is 0 Å². The van der Waals surface area contributed by atoms with Gasteiger partial charge in [0.1, 0.15) is 5.75 Å². The SMILES string of the molecule is C=C/C=C\C=C(/C)Nc1ccnc(-c2ccc3ccc(OC)c(NCC(=C)C#N)c3c2)c1. The van der Waals surface area contributed by atoms with Crippen LogP contribution in [-0.4, -0.2) is 18.6 Å². The molecule has 0 unspecified atom stereocenters. The molecule has 0 saturated heterocycles. The van der Waals surface area contributed by atoms with Gasteiger partial charge in [0.15, 0.2) is 0 Å². The lowest BCUT2D eigenvalue weighted by Gasteiger charge is -2.15. The predicted molar refractivity (Wildman–Crippen MR) is 134 cm³/mol. The first-order valence-corrected chi connectivity index (χ1v) is 10.2. The zero-order chi connectivity index (χ0) is 22.9. The summed E-state index contributed by atoms with van der Waals surface area (Å²) in [6.07, 6.45) is 9.32. The third-order valence-electron chi connectivity index (χ3n) is 4.83. The lowest BCUT2D eigenvalue weighted by atomic mass is 10.0. The molecule has 0 radical (unpaired) electrons. The maximum Gasteiger partial charge on any atom is 0.142 e. The number of anilines is 2. The summed E-state index contributed by atoms with van der Waals surface area (Å²) in [4.78, 5) is 4.56. The molecule has 1 heterocycles. The first kappa shape index (κ1) is 22.4. The minimum atomic E-state index is 0.347. The van der Waals surface area contributed by atoms with Crippen LogP contribution in [0.25, 0.3) is 22.0 Å². The number of hydrogen-bond acceptors (Lipinski definition) is 5. The summed E-state index contributed by atoms with van der Waals surface area (Å²) in [5, 5.41) is 17.8. The van der Waals surface area contributed by atoms with E-state index in [0.29, 0.717) is 17.9 Å². The number of nitriles is 1. The molecular formula is C27H26N4O. The van der Waals surface area contributed by atoms with Gasteiger partial charge in [-0.3, -0.25) is 4.98 Å². The Morgan fingerprint density at radius 3 is 2.75 bits per heavy atom. The van der Waals surface area contributed by atoms with Crippen LogP contribution in [0.15, 0.2) is 97.4 Å². The Balaban J connectivity index is 1.98. The van der Waals surface area contributed by atoms with E-state index in [1.807, 2.05) is 49.4 Å². The number of rotatable bonds is 9. The van der Waals surface area contributed by atoms with E-state index < -0.39 is 0 Å². The van der Waals surface area contributed by atoms with Gasteiger partial charge in [0.05, 0.1) is 24.6 Å². The number of allylic oxidation sites excluding steroid dienone is 5. The number of aromatic nitrogens is 1. The van der Waals surface area contributed by atoms with Crippen LogP contribution >= 0.6 is 0 Å². The van der Waals surface area contributed by atoms with Gasteiger partial charge in [-0.2, -0.15) is 5.26 Å². The van der Waals surface area contributed by atoms with E-state index in [0.717, 1.165) is 39.1 Å². The second kappa shape index (κ2) is 10.6. The Bertz CT molecular complexity index is 1250. The fourth-order valence-corrected chi connectivity index (χ4v) is 3.26. The highest BCUT2D eigenvalue weighted by atomic mass is 16.5. The van der Waals surface area contributed by atoms with Crippen LogP contribution in [0.2, 0.25) is 0 Å². The van der Waals surface area contributed by atoms with Gasteiger partial charge in [-0.15, -0.1) is 0 Å². The maximum atomic E-state index is 9.05. The molecule has 32 heavy (non-hydrogen) atoms. The highest BCUT2D eigenvalue weighted by molar-refractivity contribution is 5.99. The van der Waals surface area contributed by atoms with Gasteiger partial charge in [0.2, 0.25) is 0 Å². The fourth-order valence-electron chi connectivity index (χ4n) is 3.26. The van der Waals surface area contributed by atoms with Crippen molar-refractivity contribution in [1.29, 1.82) is 5.26 Å². The molecular weight excluding hydrogens is 396 g/mol. The second-order valence-corrected chi connectivity index (χ2v) is 7.17. The van der Waals surface area contributed by atoms with Crippen LogP contribution < -0.4 is 15.4 Å². The summed E-state index contributed by atoms with van der Waals surface area (Å²) in [7, 11) is 1.63. The van der Waals surface area contributed by atoms with Crippen molar-refractivity contribution in [3.05, 3.63) is 97.4 Å².